The lowest BCUT2D eigenvalue weighted by Gasteiger charge is -2.36. The second kappa shape index (κ2) is 8.77. The van der Waals surface area contributed by atoms with Crippen molar-refractivity contribution in [2.24, 2.45) is 0 Å². The van der Waals surface area contributed by atoms with Gasteiger partial charge in [0.2, 0.25) is 5.91 Å². The van der Waals surface area contributed by atoms with E-state index in [0.29, 0.717) is 6.54 Å². The summed E-state index contributed by atoms with van der Waals surface area (Å²) in [4.78, 5) is 16.9. The average molecular weight is 343 g/mol. The molecule has 1 saturated heterocycles. The van der Waals surface area contributed by atoms with Crippen LogP contribution in [0.3, 0.4) is 0 Å². The molecule has 1 aliphatic heterocycles. The Morgan fingerprint density at radius 3 is 2.28 bits per heavy atom. The van der Waals surface area contributed by atoms with Crippen molar-refractivity contribution in [3.05, 3.63) is 24.3 Å². The van der Waals surface area contributed by atoms with Crippen molar-refractivity contribution in [2.45, 2.75) is 32.2 Å². The van der Waals surface area contributed by atoms with Gasteiger partial charge >= 0.3 is 0 Å². The molecular formula is C20H29N3O2. The highest BCUT2D eigenvalue weighted by molar-refractivity contribution is 5.79. The molecule has 0 unspecified atom stereocenters. The molecule has 1 heterocycles. The molecule has 2 rings (SSSR count). The molecule has 5 heteroatoms. The van der Waals surface area contributed by atoms with E-state index in [-0.39, 0.29) is 5.91 Å². The first-order valence-electron chi connectivity index (χ1n) is 8.96. The molecule has 0 radical (unpaired) electrons. The van der Waals surface area contributed by atoms with Gasteiger partial charge in [0.15, 0.2) is 0 Å². The van der Waals surface area contributed by atoms with E-state index < -0.39 is 5.54 Å². The Morgan fingerprint density at radius 1 is 1.20 bits per heavy atom. The van der Waals surface area contributed by atoms with Crippen molar-refractivity contribution in [1.82, 2.24) is 10.2 Å². The summed E-state index contributed by atoms with van der Waals surface area (Å²) in [5, 5.41) is 3.04. The van der Waals surface area contributed by atoms with Gasteiger partial charge in [0.05, 0.1) is 13.7 Å². The zero-order valence-corrected chi connectivity index (χ0v) is 15.5. The fourth-order valence-corrected chi connectivity index (χ4v) is 3.13. The number of piperazine rings is 1. The van der Waals surface area contributed by atoms with Gasteiger partial charge in [0.25, 0.3) is 0 Å². The monoisotopic (exact) mass is 343 g/mol. The van der Waals surface area contributed by atoms with Gasteiger partial charge in [0.1, 0.15) is 11.3 Å². The number of hydrogen-bond acceptors (Lipinski definition) is 4. The summed E-state index contributed by atoms with van der Waals surface area (Å²) in [6.45, 7) is 7.96. The first-order chi connectivity index (χ1) is 12.1. The number of methoxy groups -OCH3 is 1. The number of benzene rings is 1. The summed E-state index contributed by atoms with van der Waals surface area (Å²) in [5.74, 6) is 3.63. The van der Waals surface area contributed by atoms with E-state index in [1.165, 1.54) is 5.69 Å². The van der Waals surface area contributed by atoms with Gasteiger partial charge in [-0.1, -0.05) is 19.8 Å². The molecule has 0 saturated carbocycles. The average Bonchev–Trinajstić information content (AvgIpc) is 2.67. The molecular weight excluding hydrogens is 314 g/mol. The fourth-order valence-electron chi connectivity index (χ4n) is 3.13. The Balaban J connectivity index is 1.83. The van der Waals surface area contributed by atoms with Crippen molar-refractivity contribution in [2.75, 3.05) is 44.7 Å². The molecule has 1 fully saturated rings. The van der Waals surface area contributed by atoms with E-state index in [0.717, 1.165) is 44.8 Å². The predicted octanol–water partition coefficient (Wildman–Crippen LogP) is 2.13. The molecule has 1 aliphatic rings. The Labute approximate surface area is 151 Å². The van der Waals surface area contributed by atoms with Crippen molar-refractivity contribution in [1.29, 1.82) is 0 Å². The SMILES string of the molecule is C#CC(CC)(CC)NC(=O)CN1CCN(c2ccc(OC)cc2)CC1. The molecule has 1 aromatic rings. The van der Waals surface area contributed by atoms with Crippen molar-refractivity contribution in [3.63, 3.8) is 0 Å². The largest absolute Gasteiger partial charge is 0.497 e. The summed E-state index contributed by atoms with van der Waals surface area (Å²) < 4.78 is 5.20. The van der Waals surface area contributed by atoms with Crippen LogP contribution in [0.25, 0.3) is 0 Å². The third-order valence-corrected chi connectivity index (χ3v) is 5.04. The van der Waals surface area contributed by atoms with Crippen molar-refractivity contribution >= 4 is 11.6 Å². The van der Waals surface area contributed by atoms with E-state index in [1.54, 1.807) is 7.11 Å². The zero-order chi connectivity index (χ0) is 18.3. The minimum absolute atomic E-state index is 0.0135. The van der Waals surface area contributed by atoms with Crippen molar-refractivity contribution in [3.8, 4) is 18.1 Å². The summed E-state index contributed by atoms with van der Waals surface area (Å²) >= 11 is 0. The van der Waals surface area contributed by atoms with E-state index in [4.69, 9.17) is 11.2 Å². The molecule has 5 nitrogen and oxygen atoms in total. The topological polar surface area (TPSA) is 44.8 Å². The maximum absolute atomic E-state index is 12.3. The molecule has 136 valence electrons. The third-order valence-electron chi connectivity index (χ3n) is 5.04. The Hall–Kier alpha value is -2.19. The third kappa shape index (κ3) is 4.90. The van der Waals surface area contributed by atoms with Crippen LogP contribution in [0, 0.1) is 12.3 Å². The van der Waals surface area contributed by atoms with Crippen LogP contribution in [0.1, 0.15) is 26.7 Å². The van der Waals surface area contributed by atoms with Gasteiger partial charge in [-0.15, -0.1) is 6.42 Å². The second-order valence-electron chi connectivity index (χ2n) is 6.44. The van der Waals surface area contributed by atoms with Gasteiger partial charge in [-0.05, 0) is 37.1 Å². The van der Waals surface area contributed by atoms with Gasteiger partial charge < -0.3 is 15.0 Å². The maximum Gasteiger partial charge on any atom is 0.235 e. The molecule has 1 aromatic carbocycles. The molecule has 0 spiro atoms. The Bertz CT molecular complexity index is 594. The van der Waals surface area contributed by atoms with E-state index >= 15 is 0 Å². The molecule has 0 atom stereocenters. The van der Waals surface area contributed by atoms with Gasteiger partial charge in [-0.2, -0.15) is 0 Å². The van der Waals surface area contributed by atoms with E-state index in [2.05, 4.69) is 33.2 Å². The number of anilines is 1. The number of amides is 1. The summed E-state index contributed by atoms with van der Waals surface area (Å²) in [7, 11) is 1.67. The lowest BCUT2D eigenvalue weighted by atomic mass is 9.94. The predicted molar refractivity (Wildman–Crippen MR) is 102 cm³/mol. The summed E-state index contributed by atoms with van der Waals surface area (Å²) in [5.41, 5.74) is 0.676. The van der Waals surface area contributed by atoms with Gasteiger partial charge in [-0.3, -0.25) is 9.69 Å². The number of ether oxygens (including phenoxy) is 1. The summed E-state index contributed by atoms with van der Waals surface area (Å²) in [6.07, 6.45) is 7.11. The minimum atomic E-state index is -0.512. The van der Waals surface area contributed by atoms with Crippen LogP contribution < -0.4 is 15.0 Å². The normalized spacial score (nSPS) is 15.5. The molecule has 0 bridgehead atoms. The highest BCUT2D eigenvalue weighted by Crippen LogP contribution is 2.20. The second-order valence-corrected chi connectivity index (χ2v) is 6.44. The molecule has 1 N–H and O–H groups in total. The highest BCUT2D eigenvalue weighted by Gasteiger charge is 2.27. The standard InChI is InChI=1S/C20H29N3O2/c1-5-20(6-2,7-3)21-19(24)16-22-12-14-23(15-13-22)17-8-10-18(25-4)11-9-17/h1,8-11H,6-7,12-16H2,2-4H3,(H,21,24). The van der Waals surface area contributed by atoms with Crippen LogP contribution >= 0.6 is 0 Å². The highest BCUT2D eigenvalue weighted by atomic mass is 16.5. The van der Waals surface area contributed by atoms with Crippen LogP contribution in [-0.2, 0) is 4.79 Å². The maximum atomic E-state index is 12.3. The van der Waals surface area contributed by atoms with Crippen molar-refractivity contribution < 1.29 is 9.53 Å². The fraction of sp³-hybridized carbons (Fsp3) is 0.550. The number of carbonyl (C=O) groups excluding carboxylic acids is 1. The first kappa shape index (κ1) is 19.1. The van der Waals surface area contributed by atoms with Gasteiger partial charge in [-0.25, -0.2) is 0 Å². The lowest BCUT2D eigenvalue weighted by molar-refractivity contribution is -0.123. The zero-order valence-electron chi connectivity index (χ0n) is 15.5. The van der Waals surface area contributed by atoms with Crippen LogP contribution in [0.4, 0.5) is 5.69 Å². The number of rotatable bonds is 7. The number of nitrogens with one attached hydrogen (secondary N) is 1. The van der Waals surface area contributed by atoms with E-state index in [9.17, 15) is 4.79 Å². The van der Waals surface area contributed by atoms with Gasteiger partial charge in [0, 0.05) is 31.9 Å². The number of hydrogen-bond donors (Lipinski definition) is 1. The molecule has 0 aromatic heterocycles. The quantitative estimate of drug-likeness (QED) is 0.771. The number of terminal acetylenes is 1. The Morgan fingerprint density at radius 2 is 1.80 bits per heavy atom. The van der Waals surface area contributed by atoms with Crippen LogP contribution in [0.2, 0.25) is 0 Å². The molecule has 1 amide bonds. The first-order valence-corrected chi connectivity index (χ1v) is 8.96. The number of carbonyl (C=O) groups is 1. The Kier molecular flexibility index (Phi) is 6.72. The smallest absolute Gasteiger partial charge is 0.235 e. The minimum Gasteiger partial charge on any atom is -0.497 e. The van der Waals surface area contributed by atoms with Crippen LogP contribution in [0.5, 0.6) is 5.75 Å². The molecule has 0 aliphatic carbocycles. The number of nitrogens with zero attached hydrogens (tertiary/aromatic N) is 2. The lowest BCUT2D eigenvalue weighted by Crippen LogP contribution is -2.53. The summed E-state index contributed by atoms with van der Waals surface area (Å²) in [6, 6.07) is 8.10. The van der Waals surface area contributed by atoms with E-state index in [1.807, 2.05) is 26.0 Å². The molecule has 25 heavy (non-hydrogen) atoms. The van der Waals surface area contributed by atoms with Crippen LogP contribution in [-0.4, -0.2) is 56.2 Å². The van der Waals surface area contributed by atoms with Crippen LogP contribution in [0.15, 0.2) is 24.3 Å².